The van der Waals surface area contributed by atoms with Crippen molar-refractivity contribution in [2.24, 2.45) is 7.05 Å². The van der Waals surface area contributed by atoms with Gasteiger partial charge >= 0.3 is 6.03 Å². The van der Waals surface area contributed by atoms with Crippen molar-refractivity contribution in [2.45, 2.75) is 49.9 Å². The molecular formula is C23H27F2N7O. The molecule has 1 aromatic carbocycles. The van der Waals surface area contributed by atoms with Crippen LogP contribution in [0.1, 0.15) is 25.7 Å². The van der Waals surface area contributed by atoms with Gasteiger partial charge in [-0.1, -0.05) is 6.07 Å². The number of alkyl halides is 2. The molecule has 0 spiro atoms. The lowest BCUT2D eigenvalue weighted by Gasteiger charge is -2.39. The average Bonchev–Trinajstić information content (AvgIpc) is 3.37. The highest BCUT2D eigenvalue weighted by Gasteiger charge is 2.43. The minimum atomic E-state index is -0.765. The van der Waals surface area contributed by atoms with E-state index in [9.17, 15) is 13.6 Å². The zero-order valence-corrected chi connectivity index (χ0v) is 18.4. The number of anilines is 1. The Kier molecular flexibility index (Phi) is 5.92. The summed E-state index contributed by atoms with van der Waals surface area (Å²) in [5.74, 6) is 0.394. The van der Waals surface area contributed by atoms with Gasteiger partial charge in [0.05, 0.1) is 17.8 Å². The summed E-state index contributed by atoms with van der Waals surface area (Å²) < 4.78 is 27.6. The summed E-state index contributed by atoms with van der Waals surface area (Å²) in [7, 11) is 1.87. The van der Waals surface area contributed by atoms with Crippen LogP contribution in [0, 0.1) is 0 Å². The smallest absolute Gasteiger partial charge is 0.318 e. The van der Waals surface area contributed by atoms with Crippen LogP contribution in [0.15, 0.2) is 36.7 Å². The van der Waals surface area contributed by atoms with E-state index in [1.165, 1.54) is 0 Å². The first-order chi connectivity index (χ1) is 16.0. The number of piperidine rings is 1. The predicted molar refractivity (Wildman–Crippen MR) is 121 cm³/mol. The topological polar surface area (TPSA) is 88.0 Å². The number of urea groups is 1. The number of carbonyl (C=O) groups excluding carboxylic acids is 1. The van der Waals surface area contributed by atoms with Gasteiger partial charge in [0.1, 0.15) is 13.3 Å². The molecule has 2 aliphatic rings. The lowest BCUT2D eigenvalue weighted by Crippen LogP contribution is -2.54. The van der Waals surface area contributed by atoms with Gasteiger partial charge in [-0.3, -0.25) is 10.00 Å². The molecular weight excluding hydrogens is 428 g/mol. The number of hydrogen-bond donors (Lipinski definition) is 2. The third kappa shape index (κ3) is 4.39. The molecule has 8 nitrogen and oxygen atoms in total. The number of hydrogen-bond acceptors (Lipinski definition) is 5. The van der Waals surface area contributed by atoms with Gasteiger partial charge in [-0.2, -0.15) is 5.10 Å². The largest absolute Gasteiger partial charge is 0.323 e. The van der Waals surface area contributed by atoms with Crippen molar-refractivity contribution < 1.29 is 13.6 Å². The number of halogens is 2. The Balaban J connectivity index is 1.29. The first-order valence-corrected chi connectivity index (χ1v) is 11.3. The highest BCUT2D eigenvalue weighted by Crippen LogP contribution is 2.36. The number of aryl methyl sites for hydroxylation is 1. The Labute approximate surface area is 190 Å². The molecule has 2 aromatic heterocycles. The van der Waals surface area contributed by atoms with Gasteiger partial charge in [0.25, 0.3) is 0 Å². The van der Waals surface area contributed by atoms with Gasteiger partial charge in [-0.25, -0.2) is 13.6 Å². The zero-order chi connectivity index (χ0) is 22.9. The highest BCUT2D eigenvalue weighted by atomic mass is 19.1. The van der Waals surface area contributed by atoms with E-state index in [0.29, 0.717) is 18.7 Å². The fourth-order valence-corrected chi connectivity index (χ4v) is 5.14. The van der Waals surface area contributed by atoms with Crippen molar-refractivity contribution in [1.29, 1.82) is 0 Å². The molecule has 2 aliphatic heterocycles. The van der Waals surface area contributed by atoms with Crippen molar-refractivity contribution in [3.8, 4) is 11.1 Å². The van der Waals surface area contributed by atoms with Crippen molar-refractivity contribution in [1.82, 2.24) is 30.2 Å². The summed E-state index contributed by atoms with van der Waals surface area (Å²) in [6.45, 7) is -1.45. The van der Waals surface area contributed by atoms with E-state index < -0.39 is 19.4 Å². The maximum atomic E-state index is 13.1. The molecule has 2 fully saturated rings. The van der Waals surface area contributed by atoms with Crippen LogP contribution in [0.5, 0.6) is 0 Å². The number of nitrogens with zero attached hydrogens (tertiary/aromatic N) is 5. The van der Waals surface area contributed by atoms with Crippen LogP contribution in [0.3, 0.4) is 0 Å². The highest BCUT2D eigenvalue weighted by molar-refractivity contribution is 5.92. The maximum Gasteiger partial charge on any atom is 0.323 e. The van der Waals surface area contributed by atoms with Crippen LogP contribution in [0.25, 0.3) is 22.0 Å². The van der Waals surface area contributed by atoms with E-state index in [-0.39, 0.29) is 24.2 Å². The molecule has 0 unspecified atom stereocenters. The Morgan fingerprint density at radius 3 is 2.55 bits per heavy atom. The van der Waals surface area contributed by atoms with Crippen LogP contribution in [0.2, 0.25) is 0 Å². The molecule has 0 saturated carbocycles. The van der Waals surface area contributed by atoms with Crippen molar-refractivity contribution in [2.75, 3.05) is 18.7 Å². The van der Waals surface area contributed by atoms with Crippen molar-refractivity contribution >= 4 is 22.8 Å². The molecule has 10 heteroatoms. The summed E-state index contributed by atoms with van der Waals surface area (Å²) in [4.78, 5) is 15.0. The second kappa shape index (κ2) is 9.01. The molecule has 2 bridgehead atoms. The Morgan fingerprint density at radius 1 is 1.12 bits per heavy atom. The molecule has 3 atom stereocenters. The molecule has 2 N–H and O–H groups in total. The predicted octanol–water partition coefficient (Wildman–Crippen LogP) is 3.45. The minimum absolute atomic E-state index is 0.0226. The quantitative estimate of drug-likeness (QED) is 0.595. The molecule has 0 aliphatic carbocycles. The number of fused-ring (bicyclic) bond motifs is 3. The summed E-state index contributed by atoms with van der Waals surface area (Å²) in [6.07, 6.45) is 6.91. The lowest BCUT2D eigenvalue weighted by atomic mass is 9.97. The second-order valence-electron chi connectivity index (χ2n) is 8.97. The minimum Gasteiger partial charge on any atom is -0.318 e. The molecule has 0 radical (unpaired) electrons. The standard InChI is InChI=1S/C23H27F2N7O/c1-31-13-16(12-26-31)14-2-5-21-15(6-14)7-22(30-29-21)28-23(33)32-19-3-4-20(32)9-17(8-19)27-18(10-24)11-25/h2,5-7,12-13,17-20,27H,3-4,8-11H2,1H3,(H,28,30,33)/t17-,19+,20-. The Morgan fingerprint density at radius 2 is 1.88 bits per heavy atom. The molecule has 5 rings (SSSR count). The third-order valence-electron chi connectivity index (χ3n) is 6.67. The van der Waals surface area contributed by atoms with Crippen LogP contribution in [-0.4, -0.2) is 68.4 Å². The van der Waals surface area contributed by atoms with Crippen molar-refractivity contribution in [3.05, 3.63) is 36.7 Å². The van der Waals surface area contributed by atoms with Crippen LogP contribution in [0.4, 0.5) is 19.4 Å². The van der Waals surface area contributed by atoms with E-state index in [4.69, 9.17) is 0 Å². The second-order valence-corrected chi connectivity index (χ2v) is 8.97. The number of benzene rings is 1. The lowest BCUT2D eigenvalue weighted by molar-refractivity contribution is 0.133. The SMILES string of the molecule is Cn1cc(-c2ccc3nnc(NC(=O)N4[C@@H]5CC[C@H]4C[C@@H](NC(CF)CF)C5)cc3c2)cn1. The summed E-state index contributed by atoms with van der Waals surface area (Å²) in [5, 5.41) is 19.5. The molecule has 174 valence electrons. The number of amides is 2. The Bertz CT molecular complexity index is 1130. The van der Waals surface area contributed by atoms with Crippen LogP contribution in [-0.2, 0) is 7.05 Å². The maximum absolute atomic E-state index is 13.1. The number of rotatable bonds is 6. The van der Waals surface area contributed by atoms with Gasteiger partial charge < -0.3 is 10.2 Å². The number of nitrogens with one attached hydrogen (secondary N) is 2. The van der Waals surface area contributed by atoms with Crippen LogP contribution < -0.4 is 10.6 Å². The Hall–Kier alpha value is -3.14. The molecule has 2 saturated heterocycles. The summed E-state index contributed by atoms with van der Waals surface area (Å²) in [6, 6.07) is 6.85. The van der Waals surface area contributed by atoms with E-state index in [1.54, 1.807) is 10.9 Å². The molecule has 4 heterocycles. The van der Waals surface area contributed by atoms with Gasteiger partial charge in [0, 0.05) is 42.3 Å². The average molecular weight is 456 g/mol. The molecule has 33 heavy (non-hydrogen) atoms. The van der Waals surface area contributed by atoms with E-state index in [1.807, 2.05) is 42.4 Å². The number of carbonyl (C=O) groups is 1. The van der Waals surface area contributed by atoms with Crippen LogP contribution >= 0.6 is 0 Å². The van der Waals surface area contributed by atoms with E-state index in [2.05, 4.69) is 25.9 Å². The summed E-state index contributed by atoms with van der Waals surface area (Å²) >= 11 is 0. The normalized spacial score (nSPS) is 22.3. The van der Waals surface area contributed by atoms with Gasteiger partial charge in [0.15, 0.2) is 5.82 Å². The zero-order valence-electron chi connectivity index (χ0n) is 18.4. The monoisotopic (exact) mass is 455 g/mol. The first-order valence-electron chi connectivity index (χ1n) is 11.3. The fourth-order valence-electron chi connectivity index (χ4n) is 5.14. The third-order valence-corrected chi connectivity index (χ3v) is 6.67. The van der Waals surface area contributed by atoms with Gasteiger partial charge in [0.2, 0.25) is 0 Å². The first kappa shape index (κ1) is 21.7. The fraction of sp³-hybridized carbons (Fsp3) is 0.478. The molecule has 2 amide bonds. The van der Waals surface area contributed by atoms with Gasteiger partial charge in [-0.05, 0) is 49.4 Å². The summed E-state index contributed by atoms with van der Waals surface area (Å²) in [5.41, 5.74) is 2.74. The molecule has 3 aromatic rings. The van der Waals surface area contributed by atoms with Gasteiger partial charge in [-0.15, -0.1) is 10.2 Å². The van der Waals surface area contributed by atoms with E-state index >= 15 is 0 Å². The number of aromatic nitrogens is 4. The van der Waals surface area contributed by atoms with Crippen molar-refractivity contribution in [3.63, 3.8) is 0 Å². The van der Waals surface area contributed by atoms with E-state index in [0.717, 1.165) is 34.9 Å².